The molecule has 1 fully saturated rings. The van der Waals surface area contributed by atoms with Gasteiger partial charge in [-0.1, -0.05) is 12.8 Å². The number of likely N-dealkylation sites (tertiary alicyclic amines) is 1. The Hall–Kier alpha value is -0.520. The van der Waals surface area contributed by atoms with Crippen LogP contribution < -0.4 is 5.73 Å². The molecule has 0 saturated carbocycles. The van der Waals surface area contributed by atoms with Crippen LogP contribution in [0.4, 0.5) is 0 Å². The topological polar surface area (TPSA) is 29.3 Å². The molecule has 3 atom stereocenters. The SMILES string of the molecule is C#CCN1CCC(N)C(C)C1C. The zero-order chi connectivity index (χ0) is 9.14. The smallest absolute Gasteiger partial charge is 0.0601 e. The van der Waals surface area contributed by atoms with Crippen LogP contribution in [0, 0.1) is 18.3 Å². The van der Waals surface area contributed by atoms with E-state index < -0.39 is 0 Å². The number of hydrogen-bond acceptors (Lipinski definition) is 2. The van der Waals surface area contributed by atoms with Crippen LogP contribution in [-0.2, 0) is 0 Å². The Labute approximate surface area is 75.1 Å². The summed E-state index contributed by atoms with van der Waals surface area (Å²) in [6.45, 7) is 6.23. The van der Waals surface area contributed by atoms with Gasteiger partial charge in [-0.25, -0.2) is 0 Å². The van der Waals surface area contributed by atoms with Crippen LogP contribution >= 0.6 is 0 Å². The molecule has 1 aliphatic heterocycles. The molecule has 0 bridgehead atoms. The first kappa shape index (κ1) is 9.57. The molecule has 1 aliphatic rings. The van der Waals surface area contributed by atoms with Crippen molar-refractivity contribution in [2.45, 2.75) is 32.4 Å². The van der Waals surface area contributed by atoms with Gasteiger partial charge < -0.3 is 5.73 Å². The van der Waals surface area contributed by atoms with Crippen molar-refractivity contribution in [1.82, 2.24) is 4.90 Å². The van der Waals surface area contributed by atoms with Crippen molar-refractivity contribution in [3.63, 3.8) is 0 Å². The first-order chi connectivity index (χ1) is 5.66. The molecule has 0 aromatic heterocycles. The average Bonchev–Trinajstić information content (AvgIpc) is 2.07. The van der Waals surface area contributed by atoms with E-state index in [1.165, 1.54) is 0 Å². The number of rotatable bonds is 1. The predicted octanol–water partition coefficient (Wildman–Crippen LogP) is 0.677. The van der Waals surface area contributed by atoms with Gasteiger partial charge in [-0.15, -0.1) is 6.42 Å². The summed E-state index contributed by atoms with van der Waals surface area (Å²) in [5.41, 5.74) is 5.95. The first-order valence-electron chi connectivity index (χ1n) is 4.60. The van der Waals surface area contributed by atoms with E-state index in [1.807, 2.05) is 0 Å². The van der Waals surface area contributed by atoms with Crippen LogP contribution in [0.2, 0.25) is 0 Å². The van der Waals surface area contributed by atoms with Gasteiger partial charge in [0.1, 0.15) is 0 Å². The van der Waals surface area contributed by atoms with E-state index >= 15 is 0 Å². The van der Waals surface area contributed by atoms with E-state index in [-0.39, 0.29) is 0 Å². The molecule has 2 N–H and O–H groups in total. The van der Waals surface area contributed by atoms with Crippen molar-refractivity contribution in [1.29, 1.82) is 0 Å². The van der Waals surface area contributed by atoms with Crippen molar-refractivity contribution in [2.24, 2.45) is 11.7 Å². The van der Waals surface area contributed by atoms with Gasteiger partial charge in [0.15, 0.2) is 0 Å². The zero-order valence-corrected chi connectivity index (χ0v) is 7.96. The molecule has 2 nitrogen and oxygen atoms in total. The Bertz CT molecular complexity index is 183. The van der Waals surface area contributed by atoms with Crippen molar-refractivity contribution in [3.05, 3.63) is 0 Å². The van der Waals surface area contributed by atoms with Crippen LogP contribution in [-0.4, -0.2) is 30.1 Å². The fourth-order valence-corrected chi connectivity index (χ4v) is 1.81. The normalized spacial score (nSPS) is 37.7. The lowest BCUT2D eigenvalue weighted by molar-refractivity contribution is 0.113. The molecule has 0 spiro atoms. The quantitative estimate of drug-likeness (QED) is 0.580. The molecule has 3 unspecified atom stereocenters. The third-order valence-corrected chi connectivity index (χ3v) is 3.06. The zero-order valence-electron chi connectivity index (χ0n) is 7.96. The lowest BCUT2D eigenvalue weighted by Crippen LogP contribution is -2.51. The monoisotopic (exact) mass is 166 g/mol. The highest BCUT2D eigenvalue weighted by molar-refractivity contribution is 4.94. The summed E-state index contributed by atoms with van der Waals surface area (Å²) < 4.78 is 0. The molecule has 0 aliphatic carbocycles. The highest BCUT2D eigenvalue weighted by Gasteiger charge is 2.29. The van der Waals surface area contributed by atoms with Crippen molar-refractivity contribution < 1.29 is 0 Å². The summed E-state index contributed by atoms with van der Waals surface area (Å²) in [6, 6.07) is 0.888. The largest absolute Gasteiger partial charge is 0.327 e. The van der Waals surface area contributed by atoms with E-state index in [0.717, 1.165) is 19.5 Å². The minimum absolute atomic E-state index is 0.356. The summed E-state index contributed by atoms with van der Waals surface area (Å²) in [6.07, 6.45) is 6.36. The van der Waals surface area contributed by atoms with Crippen LogP contribution in [0.3, 0.4) is 0 Å². The molecule has 1 saturated heterocycles. The average molecular weight is 166 g/mol. The number of terminal acetylenes is 1. The van der Waals surface area contributed by atoms with Crippen LogP contribution in [0.5, 0.6) is 0 Å². The van der Waals surface area contributed by atoms with E-state index in [0.29, 0.717) is 18.0 Å². The summed E-state index contributed by atoms with van der Waals surface area (Å²) in [5.74, 6) is 3.25. The van der Waals surface area contributed by atoms with Gasteiger partial charge in [0.2, 0.25) is 0 Å². The van der Waals surface area contributed by atoms with Crippen molar-refractivity contribution in [3.8, 4) is 12.3 Å². The van der Waals surface area contributed by atoms with Crippen LogP contribution in [0.1, 0.15) is 20.3 Å². The maximum atomic E-state index is 5.95. The highest BCUT2D eigenvalue weighted by atomic mass is 15.2. The Balaban J connectivity index is 2.54. The van der Waals surface area contributed by atoms with Gasteiger partial charge in [0.05, 0.1) is 6.54 Å². The molecule has 0 aromatic carbocycles. The molecule has 0 radical (unpaired) electrons. The number of nitrogens with two attached hydrogens (primary N) is 1. The number of hydrogen-bond donors (Lipinski definition) is 1. The second kappa shape index (κ2) is 3.93. The maximum Gasteiger partial charge on any atom is 0.0601 e. The Morgan fingerprint density at radius 3 is 2.83 bits per heavy atom. The van der Waals surface area contributed by atoms with E-state index in [4.69, 9.17) is 12.2 Å². The van der Waals surface area contributed by atoms with Crippen molar-refractivity contribution >= 4 is 0 Å². The number of piperidine rings is 1. The van der Waals surface area contributed by atoms with Gasteiger partial charge in [-0.05, 0) is 19.3 Å². The minimum Gasteiger partial charge on any atom is -0.327 e. The van der Waals surface area contributed by atoms with E-state index in [1.54, 1.807) is 0 Å². The summed E-state index contributed by atoms with van der Waals surface area (Å²) in [5, 5.41) is 0. The molecular formula is C10H18N2. The number of nitrogens with zero attached hydrogens (tertiary/aromatic N) is 1. The maximum absolute atomic E-state index is 5.95. The first-order valence-corrected chi connectivity index (χ1v) is 4.60. The minimum atomic E-state index is 0.356. The Kier molecular flexibility index (Phi) is 3.13. The molecule has 1 heterocycles. The van der Waals surface area contributed by atoms with Gasteiger partial charge >= 0.3 is 0 Å². The highest BCUT2D eigenvalue weighted by Crippen LogP contribution is 2.21. The second-order valence-electron chi connectivity index (χ2n) is 3.73. The van der Waals surface area contributed by atoms with Gasteiger partial charge in [-0.3, -0.25) is 4.90 Å². The van der Waals surface area contributed by atoms with Gasteiger partial charge in [-0.2, -0.15) is 0 Å². The lowest BCUT2D eigenvalue weighted by Gasteiger charge is -2.40. The van der Waals surface area contributed by atoms with E-state index in [2.05, 4.69) is 24.7 Å². The standard InChI is InChI=1S/C10H18N2/c1-4-6-12-7-5-10(11)8(2)9(12)3/h1,8-10H,5-7,11H2,2-3H3. The predicted molar refractivity (Wildman–Crippen MR) is 51.6 cm³/mol. The lowest BCUT2D eigenvalue weighted by atomic mass is 9.88. The molecule has 0 amide bonds. The summed E-state index contributed by atoms with van der Waals surface area (Å²) in [7, 11) is 0. The third kappa shape index (κ3) is 1.80. The van der Waals surface area contributed by atoms with Crippen LogP contribution in [0.25, 0.3) is 0 Å². The van der Waals surface area contributed by atoms with Gasteiger partial charge in [0.25, 0.3) is 0 Å². The summed E-state index contributed by atoms with van der Waals surface area (Å²) in [4.78, 5) is 2.33. The Morgan fingerprint density at radius 1 is 1.58 bits per heavy atom. The third-order valence-electron chi connectivity index (χ3n) is 3.06. The molecular weight excluding hydrogens is 148 g/mol. The Morgan fingerprint density at radius 2 is 2.25 bits per heavy atom. The fourth-order valence-electron chi connectivity index (χ4n) is 1.81. The fraction of sp³-hybridized carbons (Fsp3) is 0.800. The van der Waals surface area contributed by atoms with Crippen LogP contribution in [0.15, 0.2) is 0 Å². The molecule has 68 valence electrons. The molecule has 2 heteroatoms. The van der Waals surface area contributed by atoms with E-state index in [9.17, 15) is 0 Å². The summed E-state index contributed by atoms with van der Waals surface area (Å²) >= 11 is 0. The molecule has 1 rings (SSSR count). The second-order valence-corrected chi connectivity index (χ2v) is 3.73. The molecule has 0 aromatic rings. The van der Waals surface area contributed by atoms with Gasteiger partial charge in [0, 0.05) is 18.6 Å². The van der Waals surface area contributed by atoms with Crippen molar-refractivity contribution in [2.75, 3.05) is 13.1 Å². The molecule has 12 heavy (non-hydrogen) atoms.